The fourth-order valence-electron chi connectivity index (χ4n) is 5.73. The third-order valence-electron chi connectivity index (χ3n) is 7.55. The SMILES string of the molecule is Cc1c(Oc2c(-c3ccccc3)oc3ccccc3c2=O)ncnc1OC1C[C@H]2CC[C@@H](C1)N2C(=O)OC(C)(C)C. The average Bonchev–Trinajstić information content (AvgIpc) is 3.22. The fraction of sp³-hybridized carbons (Fsp3) is 0.375. The zero-order chi connectivity index (χ0) is 28.7. The molecule has 2 aliphatic rings. The van der Waals surface area contributed by atoms with Crippen LogP contribution in [0.2, 0.25) is 0 Å². The first kappa shape index (κ1) is 26.8. The molecule has 4 heterocycles. The van der Waals surface area contributed by atoms with Crippen LogP contribution in [0.3, 0.4) is 0 Å². The van der Waals surface area contributed by atoms with Crippen molar-refractivity contribution >= 4 is 17.1 Å². The molecule has 1 amide bonds. The minimum absolute atomic E-state index is 0.0476. The molecule has 2 aliphatic heterocycles. The molecule has 2 saturated heterocycles. The summed E-state index contributed by atoms with van der Waals surface area (Å²) in [6.45, 7) is 7.44. The Morgan fingerprint density at radius 1 is 0.951 bits per heavy atom. The Labute approximate surface area is 238 Å². The normalized spacial score (nSPS) is 20.2. The summed E-state index contributed by atoms with van der Waals surface area (Å²) in [5.41, 5.74) is 0.916. The molecule has 2 aromatic heterocycles. The lowest BCUT2D eigenvalue weighted by molar-refractivity contribution is -0.00773. The first-order valence-corrected chi connectivity index (χ1v) is 14.0. The first-order valence-electron chi connectivity index (χ1n) is 14.0. The van der Waals surface area contributed by atoms with Gasteiger partial charge in [0.1, 0.15) is 23.6 Å². The van der Waals surface area contributed by atoms with E-state index in [4.69, 9.17) is 18.6 Å². The smallest absolute Gasteiger partial charge is 0.410 e. The monoisotopic (exact) mass is 555 g/mol. The summed E-state index contributed by atoms with van der Waals surface area (Å²) in [4.78, 5) is 37.0. The van der Waals surface area contributed by atoms with Gasteiger partial charge in [0, 0.05) is 30.5 Å². The number of carbonyl (C=O) groups excluding carboxylic acids is 1. The lowest BCUT2D eigenvalue weighted by Gasteiger charge is -2.39. The molecule has 0 spiro atoms. The van der Waals surface area contributed by atoms with Gasteiger partial charge >= 0.3 is 6.09 Å². The molecule has 2 aromatic carbocycles. The van der Waals surface area contributed by atoms with Gasteiger partial charge in [-0.1, -0.05) is 42.5 Å². The van der Waals surface area contributed by atoms with Crippen molar-refractivity contribution in [1.29, 1.82) is 0 Å². The number of benzene rings is 2. The minimum atomic E-state index is -0.541. The number of nitrogens with zero attached hydrogens (tertiary/aromatic N) is 3. The second-order valence-corrected chi connectivity index (χ2v) is 11.6. The maximum absolute atomic E-state index is 13.6. The number of hydrogen-bond acceptors (Lipinski definition) is 8. The van der Waals surface area contributed by atoms with Crippen LogP contribution in [0.4, 0.5) is 4.79 Å². The number of para-hydroxylation sites is 1. The highest BCUT2D eigenvalue weighted by Crippen LogP contribution is 2.40. The third kappa shape index (κ3) is 5.36. The molecular weight excluding hydrogens is 522 g/mol. The highest BCUT2D eigenvalue weighted by molar-refractivity contribution is 5.82. The fourth-order valence-corrected chi connectivity index (χ4v) is 5.73. The van der Waals surface area contributed by atoms with Gasteiger partial charge in [-0.05, 0) is 52.7 Å². The Bertz CT molecular complexity index is 1630. The summed E-state index contributed by atoms with van der Waals surface area (Å²) >= 11 is 0. The molecule has 41 heavy (non-hydrogen) atoms. The molecule has 3 atom stereocenters. The lowest BCUT2D eigenvalue weighted by Crippen LogP contribution is -2.50. The van der Waals surface area contributed by atoms with Gasteiger partial charge in [0.2, 0.25) is 22.9 Å². The standard InChI is InChI=1S/C32H33N3O6/c1-19-29(38-23-16-21-14-15-22(17-23)35(21)31(37)41-32(2,3)4)33-18-34-30(19)40-28-26(36)24-12-8-9-13-25(24)39-27(28)20-10-6-5-7-11-20/h5-13,18,21-23H,14-17H2,1-4H3/t21-,22+,23?. The Balaban J connectivity index is 1.26. The predicted octanol–water partition coefficient (Wildman–Crippen LogP) is 6.66. The second kappa shape index (κ2) is 10.5. The van der Waals surface area contributed by atoms with E-state index in [1.165, 1.54) is 6.33 Å². The van der Waals surface area contributed by atoms with E-state index in [2.05, 4.69) is 9.97 Å². The van der Waals surface area contributed by atoms with E-state index >= 15 is 0 Å². The number of hydrogen-bond donors (Lipinski definition) is 0. The molecule has 6 rings (SSSR count). The second-order valence-electron chi connectivity index (χ2n) is 11.6. The van der Waals surface area contributed by atoms with E-state index in [1.54, 1.807) is 25.1 Å². The van der Waals surface area contributed by atoms with Crippen molar-refractivity contribution in [3.05, 3.63) is 76.7 Å². The van der Waals surface area contributed by atoms with Crippen molar-refractivity contribution in [3.63, 3.8) is 0 Å². The van der Waals surface area contributed by atoms with E-state index in [0.717, 1.165) is 12.8 Å². The van der Waals surface area contributed by atoms with E-state index < -0.39 is 5.60 Å². The number of carbonyl (C=O) groups is 1. The molecule has 0 aliphatic carbocycles. The van der Waals surface area contributed by atoms with Gasteiger partial charge in [-0.2, -0.15) is 0 Å². The highest BCUT2D eigenvalue weighted by Gasteiger charge is 2.45. The average molecular weight is 556 g/mol. The maximum atomic E-state index is 13.6. The van der Waals surface area contributed by atoms with Crippen LogP contribution in [-0.4, -0.2) is 44.7 Å². The van der Waals surface area contributed by atoms with Crippen molar-refractivity contribution in [2.24, 2.45) is 0 Å². The molecule has 2 fully saturated rings. The minimum Gasteiger partial charge on any atom is -0.474 e. The maximum Gasteiger partial charge on any atom is 0.410 e. The molecule has 1 unspecified atom stereocenters. The van der Waals surface area contributed by atoms with Crippen LogP contribution in [0.15, 0.2) is 70.1 Å². The number of amides is 1. The Hall–Kier alpha value is -4.40. The number of ether oxygens (including phenoxy) is 3. The summed E-state index contributed by atoms with van der Waals surface area (Å²) in [6, 6.07) is 16.6. The molecular formula is C32H33N3O6. The van der Waals surface area contributed by atoms with Gasteiger partial charge in [-0.3, -0.25) is 4.79 Å². The van der Waals surface area contributed by atoms with Crippen molar-refractivity contribution in [3.8, 4) is 28.8 Å². The number of fused-ring (bicyclic) bond motifs is 3. The van der Waals surface area contributed by atoms with Crippen molar-refractivity contribution in [2.75, 3.05) is 0 Å². The number of aromatic nitrogens is 2. The zero-order valence-electron chi connectivity index (χ0n) is 23.6. The van der Waals surface area contributed by atoms with Gasteiger partial charge in [0.05, 0.1) is 10.9 Å². The highest BCUT2D eigenvalue weighted by atomic mass is 16.6. The van der Waals surface area contributed by atoms with E-state index in [-0.39, 0.29) is 41.3 Å². The van der Waals surface area contributed by atoms with E-state index in [0.29, 0.717) is 46.6 Å². The van der Waals surface area contributed by atoms with Gasteiger partial charge in [0.15, 0.2) is 5.76 Å². The summed E-state index contributed by atoms with van der Waals surface area (Å²) in [6.07, 6.45) is 4.18. The Morgan fingerprint density at radius 2 is 1.61 bits per heavy atom. The molecule has 4 aromatic rings. The van der Waals surface area contributed by atoms with Crippen LogP contribution in [0.25, 0.3) is 22.3 Å². The number of piperidine rings is 1. The van der Waals surface area contributed by atoms with Crippen LogP contribution in [0.5, 0.6) is 17.5 Å². The van der Waals surface area contributed by atoms with Crippen LogP contribution in [-0.2, 0) is 4.74 Å². The van der Waals surface area contributed by atoms with Crippen LogP contribution >= 0.6 is 0 Å². The van der Waals surface area contributed by atoms with E-state index in [9.17, 15) is 9.59 Å². The number of rotatable bonds is 5. The molecule has 9 nitrogen and oxygen atoms in total. The van der Waals surface area contributed by atoms with Gasteiger partial charge < -0.3 is 23.5 Å². The summed E-state index contributed by atoms with van der Waals surface area (Å²) in [5, 5.41) is 0.414. The van der Waals surface area contributed by atoms with Gasteiger partial charge in [-0.25, -0.2) is 14.8 Å². The molecule has 212 valence electrons. The van der Waals surface area contributed by atoms with Gasteiger partial charge in [-0.15, -0.1) is 0 Å². The largest absolute Gasteiger partial charge is 0.474 e. The molecule has 0 saturated carbocycles. The molecule has 0 N–H and O–H groups in total. The Morgan fingerprint density at radius 3 is 2.32 bits per heavy atom. The Kier molecular flexibility index (Phi) is 6.89. The zero-order valence-corrected chi connectivity index (χ0v) is 23.6. The first-order chi connectivity index (χ1) is 19.7. The summed E-state index contributed by atoms with van der Waals surface area (Å²) in [5.74, 6) is 0.965. The van der Waals surface area contributed by atoms with Crippen molar-refractivity contribution in [2.45, 2.75) is 77.2 Å². The van der Waals surface area contributed by atoms with Crippen LogP contribution < -0.4 is 14.9 Å². The quantitative estimate of drug-likeness (QED) is 0.269. The van der Waals surface area contributed by atoms with E-state index in [1.807, 2.05) is 62.1 Å². The van der Waals surface area contributed by atoms with Crippen LogP contribution in [0, 0.1) is 6.92 Å². The topological polar surface area (TPSA) is 104 Å². The van der Waals surface area contributed by atoms with Crippen molar-refractivity contribution in [1.82, 2.24) is 14.9 Å². The lowest BCUT2D eigenvalue weighted by atomic mass is 10.00. The summed E-state index contributed by atoms with van der Waals surface area (Å²) < 4.78 is 24.4. The summed E-state index contributed by atoms with van der Waals surface area (Å²) in [7, 11) is 0. The predicted molar refractivity (Wildman–Crippen MR) is 153 cm³/mol. The van der Waals surface area contributed by atoms with Crippen molar-refractivity contribution < 1.29 is 23.4 Å². The van der Waals surface area contributed by atoms with Gasteiger partial charge in [0.25, 0.3) is 0 Å². The molecule has 2 bridgehead atoms. The molecule has 0 radical (unpaired) electrons. The van der Waals surface area contributed by atoms with Crippen LogP contribution in [0.1, 0.15) is 52.0 Å². The molecule has 9 heteroatoms. The third-order valence-corrected chi connectivity index (χ3v) is 7.55.